The van der Waals surface area contributed by atoms with Gasteiger partial charge in [0, 0.05) is 12.1 Å². The Labute approximate surface area is 123 Å². The lowest BCUT2D eigenvalue weighted by Crippen LogP contribution is -2.23. The third-order valence-electron chi connectivity index (χ3n) is 2.95. The highest BCUT2D eigenvalue weighted by molar-refractivity contribution is 7.80. The third-order valence-corrected chi connectivity index (χ3v) is 3.19. The van der Waals surface area contributed by atoms with Crippen LogP contribution < -0.4 is 11.1 Å². The van der Waals surface area contributed by atoms with Gasteiger partial charge in [-0.25, -0.2) is 0 Å². The minimum absolute atomic E-state index is 0.153. The van der Waals surface area contributed by atoms with E-state index in [-0.39, 0.29) is 5.91 Å². The van der Waals surface area contributed by atoms with Crippen molar-refractivity contribution in [1.29, 1.82) is 0 Å². The van der Waals surface area contributed by atoms with E-state index in [1.54, 1.807) is 13.0 Å². The van der Waals surface area contributed by atoms with Gasteiger partial charge in [0.2, 0.25) is 0 Å². The largest absolute Gasteiger partial charge is 0.466 e. The average Bonchev–Trinajstić information content (AvgIpc) is 2.75. The van der Waals surface area contributed by atoms with Gasteiger partial charge >= 0.3 is 0 Å². The number of amides is 1. The molecule has 0 saturated heterocycles. The topological polar surface area (TPSA) is 68.3 Å². The number of nitrogens with one attached hydrogen (secondary N) is 1. The summed E-state index contributed by atoms with van der Waals surface area (Å²) in [4.78, 5) is 12.4. The zero-order valence-corrected chi connectivity index (χ0v) is 12.2. The summed E-state index contributed by atoms with van der Waals surface area (Å²) in [6.45, 7) is 4.00. The fourth-order valence-corrected chi connectivity index (χ4v) is 2.10. The molecule has 0 aliphatic rings. The maximum absolute atomic E-state index is 12.0. The van der Waals surface area contributed by atoms with Gasteiger partial charge in [0.25, 0.3) is 5.91 Å². The number of aryl methyl sites for hydroxylation is 2. The van der Waals surface area contributed by atoms with Crippen LogP contribution in [0.2, 0.25) is 0 Å². The van der Waals surface area contributed by atoms with Crippen molar-refractivity contribution in [2.75, 3.05) is 0 Å². The molecule has 0 fully saturated rings. The van der Waals surface area contributed by atoms with Gasteiger partial charge in [-0.1, -0.05) is 30.4 Å². The van der Waals surface area contributed by atoms with E-state index in [9.17, 15) is 4.79 Å². The van der Waals surface area contributed by atoms with Crippen LogP contribution in [0.1, 0.15) is 33.0 Å². The first-order valence-corrected chi connectivity index (χ1v) is 6.62. The Morgan fingerprint density at radius 3 is 2.70 bits per heavy atom. The number of carbonyl (C=O) groups excluding carboxylic acids is 1. The number of thiocarbonyl (C=S) groups is 1. The second-order valence-electron chi connectivity index (χ2n) is 4.57. The van der Waals surface area contributed by atoms with Crippen molar-refractivity contribution in [3.05, 3.63) is 58.5 Å². The van der Waals surface area contributed by atoms with Gasteiger partial charge in [0.05, 0.1) is 5.56 Å². The Morgan fingerprint density at radius 2 is 2.10 bits per heavy atom. The first-order valence-electron chi connectivity index (χ1n) is 6.21. The molecule has 0 radical (unpaired) electrons. The highest BCUT2D eigenvalue weighted by Crippen LogP contribution is 2.13. The Kier molecular flexibility index (Phi) is 4.20. The quantitative estimate of drug-likeness (QED) is 0.848. The molecule has 4 nitrogen and oxygen atoms in total. The number of nitrogens with two attached hydrogens (primary N) is 1. The monoisotopic (exact) mass is 288 g/mol. The normalized spacial score (nSPS) is 10.3. The van der Waals surface area contributed by atoms with Crippen LogP contribution in [0.5, 0.6) is 0 Å². The molecule has 20 heavy (non-hydrogen) atoms. The number of rotatable bonds is 4. The highest BCUT2D eigenvalue weighted by Gasteiger charge is 2.12. The minimum Gasteiger partial charge on any atom is -0.466 e. The van der Waals surface area contributed by atoms with Crippen LogP contribution >= 0.6 is 12.2 Å². The molecule has 1 heterocycles. The summed E-state index contributed by atoms with van der Waals surface area (Å²) in [7, 11) is 0. The van der Waals surface area contributed by atoms with E-state index in [1.807, 2.05) is 31.2 Å². The van der Waals surface area contributed by atoms with E-state index in [0.29, 0.717) is 22.9 Å². The van der Waals surface area contributed by atoms with Crippen LogP contribution in [0.15, 0.2) is 34.7 Å². The predicted molar refractivity (Wildman–Crippen MR) is 81.7 cm³/mol. The second-order valence-corrected chi connectivity index (χ2v) is 5.01. The molecule has 0 aliphatic heterocycles. The molecule has 0 bridgehead atoms. The molecule has 0 unspecified atom stereocenters. The Balaban J connectivity index is 2.05. The lowest BCUT2D eigenvalue weighted by atomic mass is 10.1. The molecular weight excluding hydrogens is 272 g/mol. The fraction of sp³-hybridized carbons (Fsp3) is 0.200. The Hall–Kier alpha value is -2.14. The highest BCUT2D eigenvalue weighted by atomic mass is 32.1. The molecule has 0 spiro atoms. The molecule has 0 atom stereocenters. The molecule has 0 aliphatic carbocycles. The third kappa shape index (κ3) is 3.24. The van der Waals surface area contributed by atoms with Gasteiger partial charge in [0.1, 0.15) is 16.5 Å². The summed E-state index contributed by atoms with van der Waals surface area (Å²) in [5.41, 5.74) is 7.89. The lowest BCUT2D eigenvalue weighted by Gasteiger charge is -2.06. The van der Waals surface area contributed by atoms with Crippen molar-refractivity contribution >= 4 is 23.1 Å². The SMILES string of the molecule is Cc1cc(C(=O)NCc2cccc(C(N)=S)c2)c(C)o1. The van der Waals surface area contributed by atoms with Crippen LogP contribution in [0.4, 0.5) is 0 Å². The van der Waals surface area contributed by atoms with E-state index < -0.39 is 0 Å². The van der Waals surface area contributed by atoms with E-state index in [0.717, 1.165) is 16.9 Å². The van der Waals surface area contributed by atoms with Crippen LogP contribution in [0.3, 0.4) is 0 Å². The summed E-state index contributed by atoms with van der Waals surface area (Å²) < 4.78 is 5.34. The summed E-state index contributed by atoms with van der Waals surface area (Å²) in [6, 6.07) is 9.22. The molecule has 2 aromatic rings. The van der Waals surface area contributed by atoms with Gasteiger partial charge < -0.3 is 15.5 Å². The van der Waals surface area contributed by atoms with Crippen molar-refractivity contribution in [3.8, 4) is 0 Å². The molecular formula is C15H16N2O2S. The molecule has 3 N–H and O–H groups in total. The molecule has 2 rings (SSSR count). The minimum atomic E-state index is -0.153. The molecule has 5 heteroatoms. The second kappa shape index (κ2) is 5.88. The smallest absolute Gasteiger partial charge is 0.255 e. The maximum atomic E-state index is 12.0. The average molecular weight is 288 g/mol. The molecule has 1 amide bonds. The zero-order chi connectivity index (χ0) is 14.7. The molecule has 1 aromatic heterocycles. The number of benzene rings is 1. The van der Waals surface area contributed by atoms with E-state index in [2.05, 4.69) is 5.32 Å². The van der Waals surface area contributed by atoms with Crippen molar-refractivity contribution in [1.82, 2.24) is 5.32 Å². The zero-order valence-electron chi connectivity index (χ0n) is 11.4. The standard InChI is InChI=1S/C15H16N2O2S/c1-9-6-13(10(2)19-9)15(18)17-8-11-4-3-5-12(7-11)14(16)20/h3-7H,8H2,1-2H3,(H2,16,20)(H,17,18). The van der Waals surface area contributed by atoms with Crippen molar-refractivity contribution in [2.45, 2.75) is 20.4 Å². The number of hydrogen-bond donors (Lipinski definition) is 2. The number of carbonyl (C=O) groups is 1. The van der Waals surface area contributed by atoms with Gasteiger partial charge in [-0.2, -0.15) is 0 Å². The molecule has 1 aromatic carbocycles. The van der Waals surface area contributed by atoms with Gasteiger partial charge in [-0.05, 0) is 31.5 Å². The van der Waals surface area contributed by atoms with Crippen LogP contribution in [0.25, 0.3) is 0 Å². The van der Waals surface area contributed by atoms with Crippen LogP contribution in [-0.2, 0) is 6.54 Å². The summed E-state index contributed by atoms with van der Waals surface area (Å²) >= 11 is 4.93. The van der Waals surface area contributed by atoms with Gasteiger partial charge in [-0.3, -0.25) is 4.79 Å². The Morgan fingerprint density at radius 1 is 1.35 bits per heavy atom. The fourth-order valence-electron chi connectivity index (χ4n) is 1.97. The van der Waals surface area contributed by atoms with E-state index in [4.69, 9.17) is 22.4 Å². The first kappa shape index (κ1) is 14.3. The number of hydrogen-bond acceptors (Lipinski definition) is 3. The van der Waals surface area contributed by atoms with E-state index >= 15 is 0 Å². The predicted octanol–water partition coefficient (Wildman–Crippen LogP) is 2.46. The van der Waals surface area contributed by atoms with Gasteiger partial charge in [-0.15, -0.1) is 0 Å². The first-order chi connectivity index (χ1) is 9.47. The van der Waals surface area contributed by atoms with Crippen LogP contribution in [-0.4, -0.2) is 10.9 Å². The van der Waals surface area contributed by atoms with E-state index in [1.165, 1.54) is 0 Å². The van der Waals surface area contributed by atoms with Crippen molar-refractivity contribution < 1.29 is 9.21 Å². The van der Waals surface area contributed by atoms with Crippen molar-refractivity contribution in [3.63, 3.8) is 0 Å². The Bertz CT molecular complexity index is 662. The summed E-state index contributed by atoms with van der Waals surface area (Å²) in [6.07, 6.45) is 0. The molecule has 104 valence electrons. The molecule has 0 saturated carbocycles. The summed E-state index contributed by atoms with van der Waals surface area (Å²) in [5, 5.41) is 2.85. The van der Waals surface area contributed by atoms with Crippen LogP contribution in [0, 0.1) is 13.8 Å². The lowest BCUT2D eigenvalue weighted by molar-refractivity contribution is 0.0949. The van der Waals surface area contributed by atoms with Crippen molar-refractivity contribution in [2.24, 2.45) is 5.73 Å². The maximum Gasteiger partial charge on any atom is 0.255 e. The van der Waals surface area contributed by atoms with Gasteiger partial charge in [0.15, 0.2) is 0 Å². The summed E-state index contributed by atoms with van der Waals surface area (Å²) in [5.74, 6) is 1.19. The number of furan rings is 1.